The first-order valence-electron chi connectivity index (χ1n) is 6.26. The molecule has 0 saturated carbocycles. The fourth-order valence-electron chi connectivity index (χ4n) is 1.97. The molecule has 7 nitrogen and oxygen atoms in total. The van der Waals surface area contributed by atoms with E-state index in [-0.39, 0.29) is 0 Å². The zero-order valence-corrected chi connectivity index (χ0v) is 11.2. The standard InChI is InChI=1S/C13H14N6O/c1-3-8-5-4-6-15-10(8)12-17-13(20-18-12)9-7-16-19(2)11(9)14/h4-7H,3,14H2,1-2H3. The Kier molecular flexibility index (Phi) is 2.94. The van der Waals surface area contributed by atoms with Crippen molar-refractivity contribution in [2.45, 2.75) is 13.3 Å². The molecule has 0 atom stereocenters. The van der Waals surface area contributed by atoms with Gasteiger partial charge < -0.3 is 10.3 Å². The Morgan fingerprint density at radius 2 is 2.25 bits per heavy atom. The fraction of sp³-hybridized carbons (Fsp3) is 0.231. The lowest BCUT2D eigenvalue weighted by atomic mass is 10.1. The van der Waals surface area contributed by atoms with E-state index in [1.54, 1.807) is 24.1 Å². The van der Waals surface area contributed by atoms with E-state index in [0.29, 0.717) is 23.1 Å². The second kappa shape index (κ2) is 4.76. The lowest BCUT2D eigenvalue weighted by molar-refractivity contribution is 0.432. The molecular weight excluding hydrogens is 256 g/mol. The molecule has 102 valence electrons. The van der Waals surface area contributed by atoms with Crippen LogP contribution in [0.15, 0.2) is 29.0 Å². The average molecular weight is 270 g/mol. The maximum absolute atomic E-state index is 5.90. The molecule has 7 heteroatoms. The summed E-state index contributed by atoms with van der Waals surface area (Å²) in [7, 11) is 1.75. The SMILES string of the molecule is CCc1cccnc1-c1noc(-c2cnn(C)c2N)n1. The number of aryl methyl sites for hydroxylation is 2. The van der Waals surface area contributed by atoms with Crippen LogP contribution in [0.25, 0.3) is 23.0 Å². The van der Waals surface area contributed by atoms with E-state index in [0.717, 1.165) is 17.7 Å². The predicted octanol–water partition coefficient (Wildman–Crippen LogP) is 1.68. The van der Waals surface area contributed by atoms with Crippen molar-refractivity contribution in [3.05, 3.63) is 30.1 Å². The maximum Gasteiger partial charge on any atom is 0.263 e. The van der Waals surface area contributed by atoms with Crippen LogP contribution in [0, 0.1) is 0 Å². The normalized spacial score (nSPS) is 10.9. The summed E-state index contributed by atoms with van der Waals surface area (Å²) in [5.74, 6) is 1.29. The van der Waals surface area contributed by atoms with E-state index in [2.05, 4.69) is 27.1 Å². The van der Waals surface area contributed by atoms with Crippen LogP contribution in [0.1, 0.15) is 12.5 Å². The number of nitrogens with zero attached hydrogens (tertiary/aromatic N) is 5. The first kappa shape index (κ1) is 12.3. The van der Waals surface area contributed by atoms with Crippen molar-refractivity contribution in [3.63, 3.8) is 0 Å². The average Bonchev–Trinajstić information content (AvgIpc) is 3.07. The van der Waals surface area contributed by atoms with Gasteiger partial charge in [0, 0.05) is 13.2 Å². The summed E-state index contributed by atoms with van der Waals surface area (Å²) in [6.45, 7) is 2.06. The van der Waals surface area contributed by atoms with Gasteiger partial charge in [-0.25, -0.2) is 0 Å². The third kappa shape index (κ3) is 1.93. The van der Waals surface area contributed by atoms with Crippen LogP contribution < -0.4 is 5.73 Å². The number of hydrogen-bond acceptors (Lipinski definition) is 6. The van der Waals surface area contributed by atoms with E-state index in [4.69, 9.17) is 10.3 Å². The van der Waals surface area contributed by atoms with Crippen LogP contribution in [0.2, 0.25) is 0 Å². The molecule has 0 unspecified atom stereocenters. The van der Waals surface area contributed by atoms with Gasteiger partial charge in [0.1, 0.15) is 17.1 Å². The fourth-order valence-corrected chi connectivity index (χ4v) is 1.97. The Balaban J connectivity index is 2.04. The second-order valence-electron chi connectivity index (χ2n) is 4.35. The van der Waals surface area contributed by atoms with Crippen LogP contribution in [-0.2, 0) is 13.5 Å². The number of nitrogen functional groups attached to an aromatic ring is 1. The number of aromatic nitrogens is 5. The van der Waals surface area contributed by atoms with Gasteiger partial charge in [0.25, 0.3) is 5.89 Å². The van der Waals surface area contributed by atoms with Gasteiger partial charge in [-0.2, -0.15) is 10.1 Å². The van der Waals surface area contributed by atoms with Crippen LogP contribution in [0.3, 0.4) is 0 Å². The molecule has 3 aromatic rings. The molecule has 0 aliphatic carbocycles. The summed E-state index contributed by atoms with van der Waals surface area (Å²) < 4.78 is 6.82. The number of anilines is 1. The van der Waals surface area contributed by atoms with Gasteiger partial charge in [0.15, 0.2) is 0 Å². The molecule has 0 aliphatic heterocycles. The van der Waals surface area contributed by atoms with Crippen LogP contribution in [-0.4, -0.2) is 24.9 Å². The summed E-state index contributed by atoms with van der Waals surface area (Å²) >= 11 is 0. The number of pyridine rings is 1. The minimum Gasteiger partial charge on any atom is -0.383 e. The molecule has 0 amide bonds. The van der Waals surface area contributed by atoms with E-state index in [1.165, 1.54) is 0 Å². The molecule has 20 heavy (non-hydrogen) atoms. The summed E-state index contributed by atoms with van der Waals surface area (Å²) in [6.07, 6.45) is 4.16. The molecule has 0 fully saturated rings. The Morgan fingerprint density at radius 1 is 1.40 bits per heavy atom. The zero-order valence-electron chi connectivity index (χ0n) is 11.2. The lowest BCUT2D eigenvalue weighted by Crippen LogP contribution is -1.98. The molecule has 0 spiro atoms. The van der Waals surface area contributed by atoms with Crippen molar-refractivity contribution in [2.75, 3.05) is 5.73 Å². The van der Waals surface area contributed by atoms with Crippen molar-refractivity contribution < 1.29 is 4.52 Å². The summed E-state index contributed by atoms with van der Waals surface area (Å²) in [6, 6.07) is 3.89. The molecule has 0 bridgehead atoms. The van der Waals surface area contributed by atoms with Crippen molar-refractivity contribution in [2.24, 2.45) is 7.05 Å². The lowest BCUT2D eigenvalue weighted by Gasteiger charge is -2.00. The highest BCUT2D eigenvalue weighted by Gasteiger charge is 2.17. The Morgan fingerprint density at radius 3 is 2.95 bits per heavy atom. The van der Waals surface area contributed by atoms with Gasteiger partial charge in [0.2, 0.25) is 5.82 Å². The van der Waals surface area contributed by atoms with Gasteiger partial charge in [-0.15, -0.1) is 0 Å². The van der Waals surface area contributed by atoms with Crippen LogP contribution in [0.4, 0.5) is 5.82 Å². The van der Waals surface area contributed by atoms with Gasteiger partial charge in [0.05, 0.1) is 6.20 Å². The van der Waals surface area contributed by atoms with Crippen molar-refractivity contribution in [3.8, 4) is 23.0 Å². The number of rotatable bonds is 3. The molecule has 3 rings (SSSR count). The molecular formula is C13H14N6O. The molecule has 2 N–H and O–H groups in total. The molecule has 0 aromatic carbocycles. The van der Waals surface area contributed by atoms with Crippen LogP contribution in [0.5, 0.6) is 0 Å². The van der Waals surface area contributed by atoms with Crippen LogP contribution >= 0.6 is 0 Å². The highest BCUT2D eigenvalue weighted by atomic mass is 16.5. The molecule has 0 radical (unpaired) electrons. The highest BCUT2D eigenvalue weighted by molar-refractivity contribution is 5.68. The van der Waals surface area contributed by atoms with Gasteiger partial charge in [-0.3, -0.25) is 9.67 Å². The number of hydrogen-bond donors (Lipinski definition) is 1. The van der Waals surface area contributed by atoms with Crippen molar-refractivity contribution in [1.82, 2.24) is 24.9 Å². The first-order valence-corrected chi connectivity index (χ1v) is 6.26. The van der Waals surface area contributed by atoms with Gasteiger partial charge in [-0.05, 0) is 18.1 Å². The first-order chi connectivity index (χ1) is 9.70. The minimum absolute atomic E-state index is 0.346. The maximum atomic E-state index is 5.90. The smallest absolute Gasteiger partial charge is 0.263 e. The minimum atomic E-state index is 0.346. The predicted molar refractivity (Wildman–Crippen MR) is 73.5 cm³/mol. The van der Waals surface area contributed by atoms with E-state index < -0.39 is 0 Å². The zero-order chi connectivity index (χ0) is 14.1. The molecule has 0 aliphatic rings. The van der Waals surface area contributed by atoms with Crippen molar-refractivity contribution >= 4 is 5.82 Å². The Bertz CT molecular complexity index is 745. The van der Waals surface area contributed by atoms with E-state index >= 15 is 0 Å². The summed E-state index contributed by atoms with van der Waals surface area (Å²) in [5, 5.41) is 8.04. The number of nitrogens with two attached hydrogens (primary N) is 1. The second-order valence-corrected chi connectivity index (χ2v) is 4.35. The largest absolute Gasteiger partial charge is 0.383 e. The quantitative estimate of drug-likeness (QED) is 0.777. The summed E-state index contributed by atoms with van der Waals surface area (Å²) in [4.78, 5) is 8.68. The third-order valence-corrected chi connectivity index (χ3v) is 3.13. The highest BCUT2D eigenvalue weighted by Crippen LogP contribution is 2.26. The van der Waals surface area contributed by atoms with E-state index in [1.807, 2.05) is 12.1 Å². The topological polar surface area (TPSA) is 95.7 Å². The van der Waals surface area contributed by atoms with Gasteiger partial charge in [-0.1, -0.05) is 18.1 Å². The molecule has 3 heterocycles. The Labute approximate surface area is 115 Å². The molecule has 0 saturated heterocycles. The monoisotopic (exact) mass is 270 g/mol. The summed E-state index contributed by atoms with van der Waals surface area (Å²) in [5.41, 5.74) is 8.32. The van der Waals surface area contributed by atoms with Crippen molar-refractivity contribution in [1.29, 1.82) is 0 Å². The van der Waals surface area contributed by atoms with Gasteiger partial charge >= 0.3 is 0 Å². The molecule has 3 aromatic heterocycles. The third-order valence-electron chi connectivity index (χ3n) is 3.13. The Hall–Kier alpha value is -2.70. The van der Waals surface area contributed by atoms with E-state index in [9.17, 15) is 0 Å².